The third-order valence-electron chi connectivity index (χ3n) is 2.80. The number of anilines is 1. The highest BCUT2D eigenvalue weighted by molar-refractivity contribution is 9.10. The smallest absolute Gasteiger partial charge is 0.133 e. The van der Waals surface area contributed by atoms with Gasteiger partial charge in [0.2, 0.25) is 0 Å². The molecule has 0 aliphatic rings. The highest BCUT2D eigenvalue weighted by Gasteiger charge is 2.04. The lowest BCUT2D eigenvalue weighted by Gasteiger charge is -2.10. The molecule has 2 aromatic rings. The van der Waals surface area contributed by atoms with Crippen molar-refractivity contribution in [2.75, 3.05) is 12.4 Å². The highest BCUT2D eigenvalue weighted by Crippen LogP contribution is 2.26. The number of nitrogens with one attached hydrogen (secondary N) is 1. The largest absolute Gasteiger partial charge is 0.496 e. The van der Waals surface area contributed by atoms with E-state index < -0.39 is 0 Å². The molecule has 0 heterocycles. The van der Waals surface area contributed by atoms with Crippen molar-refractivity contribution in [3.05, 3.63) is 56.5 Å². The lowest BCUT2D eigenvalue weighted by atomic mass is 10.1. The predicted molar refractivity (Wildman–Crippen MR) is 86.9 cm³/mol. The fourth-order valence-electron chi connectivity index (χ4n) is 1.78. The molecule has 1 N–H and O–H groups in total. The molecule has 0 saturated heterocycles. The minimum absolute atomic E-state index is 0.626. The molecule has 0 saturated carbocycles. The molecule has 0 radical (unpaired) electrons. The van der Waals surface area contributed by atoms with Gasteiger partial charge in [0.15, 0.2) is 0 Å². The van der Waals surface area contributed by atoms with E-state index in [1.807, 2.05) is 30.3 Å². The van der Waals surface area contributed by atoms with Gasteiger partial charge in [0.25, 0.3) is 0 Å². The molecule has 5 heteroatoms. The van der Waals surface area contributed by atoms with Gasteiger partial charge in [-0.05, 0) is 51.8 Å². The van der Waals surface area contributed by atoms with Crippen LogP contribution in [0.5, 0.6) is 5.75 Å². The fraction of sp³-hybridized carbons (Fsp3) is 0.133. The van der Waals surface area contributed by atoms with Gasteiger partial charge in [-0.15, -0.1) is 0 Å². The number of methoxy groups -OCH3 is 1. The van der Waals surface area contributed by atoms with Gasteiger partial charge in [0, 0.05) is 11.0 Å². The van der Waals surface area contributed by atoms with Gasteiger partial charge in [-0.25, -0.2) is 0 Å². The molecule has 0 aliphatic heterocycles. The van der Waals surface area contributed by atoms with Gasteiger partial charge in [0.05, 0.1) is 22.8 Å². The van der Waals surface area contributed by atoms with Crippen LogP contribution in [0.2, 0.25) is 0 Å². The van der Waals surface area contributed by atoms with E-state index in [0.29, 0.717) is 12.1 Å². The number of nitrogens with zero attached hydrogens (tertiary/aromatic N) is 1. The standard InChI is InChI=1S/C15H12Br2N2O/c1-20-15-5-2-10(6-13(15)17)9-19-14-7-12(16)4-3-11(14)8-18/h2-7,19H,9H2,1H3. The van der Waals surface area contributed by atoms with Crippen LogP contribution in [0, 0.1) is 11.3 Å². The van der Waals surface area contributed by atoms with Crippen LogP contribution in [0.1, 0.15) is 11.1 Å². The predicted octanol–water partition coefficient (Wildman–Crippen LogP) is 4.70. The second-order valence-electron chi connectivity index (χ2n) is 4.12. The Balaban J connectivity index is 2.15. The van der Waals surface area contributed by atoms with Crippen molar-refractivity contribution in [3.8, 4) is 11.8 Å². The molecule has 2 rings (SSSR count). The summed E-state index contributed by atoms with van der Waals surface area (Å²) in [6, 6.07) is 13.6. The van der Waals surface area contributed by atoms with Gasteiger partial charge in [-0.1, -0.05) is 22.0 Å². The second kappa shape index (κ2) is 6.78. The molecule has 0 aromatic heterocycles. The van der Waals surface area contributed by atoms with Crippen LogP contribution in [0.3, 0.4) is 0 Å². The molecule has 3 nitrogen and oxygen atoms in total. The molecule has 102 valence electrons. The van der Waals surface area contributed by atoms with E-state index in [4.69, 9.17) is 10.00 Å². The van der Waals surface area contributed by atoms with E-state index >= 15 is 0 Å². The van der Waals surface area contributed by atoms with Crippen LogP contribution >= 0.6 is 31.9 Å². The van der Waals surface area contributed by atoms with Crippen molar-refractivity contribution in [2.45, 2.75) is 6.54 Å². The van der Waals surface area contributed by atoms with E-state index in [9.17, 15) is 0 Å². The molecule has 0 unspecified atom stereocenters. The summed E-state index contributed by atoms with van der Waals surface area (Å²) in [5.74, 6) is 0.800. The molecule has 20 heavy (non-hydrogen) atoms. The van der Waals surface area contributed by atoms with Crippen molar-refractivity contribution in [3.63, 3.8) is 0 Å². The first kappa shape index (κ1) is 14.9. The summed E-state index contributed by atoms with van der Waals surface area (Å²) in [5, 5.41) is 12.4. The van der Waals surface area contributed by atoms with Crippen LogP contribution in [0.4, 0.5) is 5.69 Å². The normalized spacial score (nSPS) is 9.90. The lowest BCUT2D eigenvalue weighted by molar-refractivity contribution is 0.412. The highest BCUT2D eigenvalue weighted by atomic mass is 79.9. The Morgan fingerprint density at radius 2 is 2.00 bits per heavy atom. The van der Waals surface area contributed by atoms with Crippen LogP contribution < -0.4 is 10.1 Å². The zero-order valence-corrected chi connectivity index (χ0v) is 14.0. The number of halogens is 2. The molecule has 0 bridgehead atoms. The Kier molecular flexibility index (Phi) is 5.05. The Labute approximate surface area is 134 Å². The zero-order chi connectivity index (χ0) is 14.5. The first-order chi connectivity index (χ1) is 9.63. The summed E-state index contributed by atoms with van der Waals surface area (Å²) < 4.78 is 7.05. The maximum atomic E-state index is 9.09. The first-order valence-corrected chi connectivity index (χ1v) is 7.48. The quantitative estimate of drug-likeness (QED) is 0.815. The van der Waals surface area contributed by atoms with Gasteiger partial charge < -0.3 is 10.1 Å². The molecular weight excluding hydrogens is 384 g/mol. The summed E-state index contributed by atoms with van der Waals surface area (Å²) >= 11 is 6.87. The topological polar surface area (TPSA) is 45.0 Å². The Morgan fingerprint density at radius 3 is 2.65 bits per heavy atom. The lowest BCUT2D eigenvalue weighted by Crippen LogP contribution is -2.01. The average Bonchev–Trinajstić information content (AvgIpc) is 2.45. The number of nitriles is 1. The molecule has 0 amide bonds. The Bertz CT molecular complexity index is 665. The second-order valence-corrected chi connectivity index (χ2v) is 5.89. The number of rotatable bonds is 4. The van der Waals surface area contributed by atoms with Crippen molar-refractivity contribution in [1.29, 1.82) is 5.26 Å². The maximum Gasteiger partial charge on any atom is 0.133 e. The molecule has 0 aliphatic carbocycles. The van der Waals surface area contributed by atoms with Gasteiger partial charge in [-0.2, -0.15) is 5.26 Å². The van der Waals surface area contributed by atoms with Crippen LogP contribution in [-0.4, -0.2) is 7.11 Å². The zero-order valence-electron chi connectivity index (χ0n) is 10.8. The minimum atomic E-state index is 0.626. The van der Waals surface area contributed by atoms with E-state index in [-0.39, 0.29) is 0 Å². The molecular formula is C15H12Br2N2O. The average molecular weight is 396 g/mol. The van der Waals surface area contributed by atoms with Gasteiger partial charge >= 0.3 is 0 Å². The van der Waals surface area contributed by atoms with Gasteiger partial charge in [-0.3, -0.25) is 0 Å². The third kappa shape index (κ3) is 3.53. The molecule has 0 spiro atoms. The van der Waals surface area contributed by atoms with Crippen molar-refractivity contribution >= 4 is 37.5 Å². The van der Waals surface area contributed by atoms with E-state index in [0.717, 1.165) is 25.9 Å². The summed E-state index contributed by atoms with van der Waals surface area (Å²) in [7, 11) is 1.64. The van der Waals surface area contributed by atoms with Crippen molar-refractivity contribution < 1.29 is 4.74 Å². The van der Waals surface area contributed by atoms with Crippen LogP contribution in [0.15, 0.2) is 45.3 Å². The Morgan fingerprint density at radius 1 is 1.20 bits per heavy atom. The van der Waals surface area contributed by atoms with Crippen LogP contribution in [0.25, 0.3) is 0 Å². The van der Waals surface area contributed by atoms with Crippen LogP contribution in [-0.2, 0) is 6.54 Å². The summed E-state index contributed by atoms with van der Waals surface area (Å²) in [6.45, 7) is 0.633. The SMILES string of the molecule is COc1ccc(CNc2cc(Br)ccc2C#N)cc1Br. The maximum absolute atomic E-state index is 9.09. The number of ether oxygens (including phenoxy) is 1. The molecule has 0 atom stereocenters. The van der Waals surface area contributed by atoms with E-state index in [1.165, 1.54) is 0 Å². The summed E-state index contributed by atoms with van der Waals surface area (Å²) in [4.78, 5) is 0. The molecule has 0 fully saturated rings. The number of benzene rings is 2. The van der Waals surface area contributed by atoms with Crippen molar-refractivity contribution in [2.24, 2.45) is 0 Å². The third-order valence-corrected chi connectivity index (χ3v) is 3.91. The summed E-state index contributed by atoms with van der Waals surface area (Å²) in [5.41, 5.74) is 2.54. The molecule has 2 aromatic carbocycles. The minimum Gasteiger partial charge on any atom is -0.496 e. The Hall–Kier alpha value is -1.51. The number of hydrogen-bond acceptors (Lipinski definition) is 3. The van der Waals surface area contributed by atoms with Crippen molar-refractivity contribution in [1.82, 2.24) is 0 Å². The van der Waals surface area contributed by atoms with Gasteiger partial charge in [0.1, 0.15) is 11.8 Å². The monoisotopic (exact) mass is 394 g/mol. The van der Waals surface area contributed by atoms with E-state index in [2.05, 4.69) is 43.2 Å². The number of hydrogen-bond donors (Lipinski definition) is 1. The first-order valence-electron chi connectivity index (χ1n) is 5.90. The summed E-state index contributed by atoms with van der Waals surface area (Å²) in [6.07, 6.45) is 0. The van der Waals surface area contributed by atoms with E-state index in [1.54, 1.807) is 13.2 Å². The fourth-order valence-corrected chi connectivity index (χ4v) is 2.73.